The van der Waals surface area contributed by atoms with E-state index in [1.54, 1.807) is 11.9 Å². The van der Waals surface area contributed by atoms with Crippen LogP contribution in [0.4, 0.5) is 19.0 Å². The highest BCUT2D eigenvalue weighted by molar-refractivity contribution is 5.78. The third kappa shape index (κ3) is 5.95. The molecular weight excluding hydrogens is 393 g/mol. The number of aromatic nitrogens is 1. The van der Waals surface area contributed by atoms with Crippen molar-refractivity contribution in [1.82, 2.24) is 14.8 Å². The zero-order valence-corrected chi connectivity index (χ0v) is 17.3. The molecule has 0 bridgehead atoms. The number of hydrogen-bond donors (Lipinski definition) is 0. The van der Waals surface area contributed by atoms with E-state index >= 15 is 0 Å². The molecule has 1 saturated heterocycles. The lowest BCUT2D eigenvalue weighted by atomic mass is 10.1. The van der Waals surface area contributed by atoms with Crippen molar-refractivity contribution in [3.63, 3.8) is 0 Å². The van der Waals surface area contributed by atoms with Gasteiger partial charge in [0.2, 0.25) is 5.91 Å². The van der Waals surface area contributed by atoms with Crippen molar-refractivity contribution < 1.29 is 18.0 Å². The molecule has 0 radical (unpaired) electrons. The van der Waals surface area contributed by atoms with Crippen LogP contribution in [0.25, 0.3) is 0 Å². The van der Waals surface area contributed by atoms with Gasteiger partial charge in [0.15, 0.2) is 0 Å². The Bertz CT molecular complexity index is 837. The van der Waals surface area contributed by atoms with Crippen LogP contribution in [0.5, 0.6) is 0 Å². The fourth-order valence-corrected chi connectivity index (χ4v) is 3.47. The molecule has 162 valence electrons. The van der Waals surface area contributed by atoms with Gasteiger partial charge < -0.3 is 9.80 Å². The molecule has 0 aliphatic carbocycles. The van der Waals surface area contributed by atoms with E-state index in [2.05, 4.69) is 9.88 Å². The van der Waals surface area contributed by atoms with Crippen molar-refractivity contribution in [2.75, 3.05) is 44.7 Å². The molecule has 1 aromatic carbocycles. The molecule has 5 nitrogen and oxygen atoms in total. The van der Waals surface area contributed by atoms with Crippen LogP contribution in [0.2, 0.25) is 0 Å². The minimum absolute atomic E-state index is 0.0525. The Morgan fingerprint density at radius 2 is 1.80 bits per heavy atom. The van der Waals surface area contributed by atoms with Crippen LogP contribution in [-0.4, -0.2) is 60.5 Å². The fourth-order valence-electron chi connectivity index (χ4n) is 3.47. The van der Waals surface area contributed by atoms with E-state index in [1.807, 2.05) is 36.1 Å². The predicted molar refractivity (Wildman–Crippen MR) is 110 cm³/mol. The molecule has 30 heavy (non-hydrogen) atoms. The zero-order chi connectivity index (χ0) is 21.7. The Morgan fingerprint density at radius 3 is 2.43 bits per heavy atom. The number of hydrogen-bond acceptors (Lipinski definition) is 4. The topological polar surface area (TPSA) is 39.7 Å². The summed E-state index contributed by atoms with van der Waals surface area (Å²) in [5.74, 6) is 0.587. The third-order valence-corrected chi connectivity index (χ3v) is 5.31. The molecule has 2 aromatic rings. The number of amides is 1. The molecule has 1 amide bonds. The molecule has 0 N–H and O–H groups in total. The van der Waals surface area contributed by atoms with Gasteiger partial charge in [-0.2, -0.15) is 13.2 Å². The number of alkyl halides is 3. The van der Waals surface area contributed by atoms with E-state index in [-0.39, 0.29) is 5.91 Å². The Hall–Kier alpha value is -2.61. The Labute approximate surface area is 175 Å². The summed E-state index contributed by atoms with van der Waals surface area (Å²) in [7, 11) is 1.80. The first kappa shape index (κ1) is 22.1. The van der Waals surface area contributed by atoms with Crippen molar-refractivity contribution in [2.45, 2.75) is 26.1 Å². The number of carbonyl (C=O) groups is 1. The van der Waals surface area contributed by atoms with Crippen LogP contribution in [-0.2, 0) is 17.5 Å². The van der Waals surface area contributed by atoms with Gasteiger partial charge in [-0.05, 0) is 31.0 Å². The van der Waals surface area contributed by atoms with Crippen LogP contribution in [0.15, 0.2) is 42.6 Å². The average Bonchev–Trinajstić information content (AvgIpc) is 2.94. The first-order valence-corrected chi connectivity index (χ1v) is 10.0. The van der Waals surface area contributed by atoms with Gasteiger partial charge in [0, 0.05) is 46.0 Å². The first-order valence-electron chi connectivity index (χ1n) is 10.0. The largest absolute Gasteiger partial charge is 0.417 e. The molecule has 0 spiro atoms. The van der Waals surface area contributed by atoms with Crippen LogP contribution in [0, 0.1) is 6.92 Å². The second-order valence-corrected chi connectivity index (χ2v) is 7.75. The van der Waals surface area contributed by atoms with E-state index < -0.39 is 11.7 Å². The molecule has 3 rings (SSSR count). The predicted octanol–water partition coefficient (Wildman–Crippen LogP) is 3.58. The number of carbonyl (C=O) groups excluding carboxylic acids is 1. The smallest absolute Gasteiger partial charge is 0.355 e. The Balaban J connectivity index is 1.52. The van der Waals surface area contributed by atoms with E-state index in [4.69, 9.17) is 0 Å². The molecule has 1 aliphatic heterocycles. The highest BCUT2D eigenvalue weighted by Gasteiger charge is 2.31. The standard InChI is InChI=1S/C22H27F3N4O/c1-17-4-6-18(7-5-17)15-27(2)21(30)16-28-10-3-11-29(13-12-28)20-9-8-19(14-26-20)22(23,24)25/h4-9,14H,3,10-13,15-16H2,1-2H3. The Kier molecular flexibility index (Phi) is 6.97. The van der Waals surface area contributed by atoms with Crippen LogP contribution in [0.3, 0.4) is 0 Å². The summed E-state index contributed by atoms with van der Waals surface area (Å²) in [6.45, 7) is 5.66. The Morgan fingerprint density at radius 1 is 1.07 bits per heavy atom. The van der Waals surface area contributed by atoms with Gasteiger partial charge in [-0.1, -0.05) is 29.8 Å². The summed E-state index contributed by atoms with van der Waals surface area (Å²) in [5.41, 5.74) is 1.53. The first-order chi connectivity index (χ1) is 14.2. The maximum Gasteiger partial charge on any atom is 0.417 e. The van der Waals surface area contributed by atoms with Gasteiger partial charge in [-0.3, -0.25) is 9.69 Å². The number of anilines is 1. The number of rotatable bonds is 5. The van der Waals surface area contributed by atoms with E-state index in [1.165, 1.54) is 11.6 Å². The van der Waals surface area contributed by atoms with Gasteiger partial charge in [-0.15, -0.1) is 0 Å². The van der Waals surface area contributed by atoms with Gasteiger partial charge in [0.25, 0.3) is 0 Å². The molecule has 0 saturated carbocycles. The van der Waals surface area contributed by atoms with Gasteiger partial charge in [-0.25, -0.2) is 4.98 Å². The van der Waals surface area contributed by atoms with E-state index in [0.29, 0.717) is 38.5 Å². The maximum atomic E-state index is 12.7. The monoisotopic (exact) mass is 420 g/mol. The summed E-state index contributed by atoms with van der Waals surface area (Å²) in [4.78, 5) is 22.4. The third-order valence-electron chi connectivity index (χ3n) is 5.31. The van der Waals surface area contributed by atoms with Crippen LogP contribution >= 0.6 is 0 Å². The molecular formula is C22H27F3N4O. The molecule has 0 unspecified atom stereocenters. The fraction of sp³-hybridized carbons (Fsp3) is 0.455. The van der Waals surface area contributed by atoms with Crippen LogP contribution < -0.4 is 4.90 Å². The summed E-state index contributed by atoms with van der Waals surface area (Å²) in [6.07, 6.45) is -2.69. The number of nitrogens with zero attached hydrogens (tertiary/aromatic N) is 4. The lowest BCUT2D eigenvalue weighted by Crippen LogP contribution is -2.40. The summed E-state index contributed by atoms with van der Waals surface area (Å²) >= 11 is 0. The van der Waals surface area contributed by atoms with E-state index in [9.17, 15) is 18.0 Å². The highest BCUT2D eigenvalue weighted by Crippen LogP contribution is 2.29. The normalized spacial score (nSPS) is 15.7. The molecule has 8 heteroatoms. The van der Waals surface area contributed by atoms with Gasteiger partial charge >= 0.3 is 6.18 Å². The second-order valence-electron chi connectivity index (χ2n) is 7.75. The molecule has 2 heterocycles. The molecule has 1 aromatic heterocycles. The minimum atomic E-state index is -4.38. The summed E-state index contributed by atoms with van der Waals surface area (Å²) in [6, 6.07) is 10.6. The van der Waals surface area contributed by atoms with Crippen molar-refractivity contribution in [3.8, 4) is 0 Å². The zero-order valence-electron chi connectivity index (χ0n) is 17.3. The highest BCUT2D eigenvalue weighted by atomic mass is 19.4. The van der Waals surface area contributed by atoms with E-state index in [0.717, 1.165) is 30.8 Å². The summed E-state index contributed by atoms with van der Waals surface area (Å²) in [5, 5.41) is 0. The maximum absolute atomic E-state index is 12.7. The minimum Gasteiger partial charge on any atom is -0.355 e. The number of likely N-dealkylation sites (N-methyl/N-ethyl adjacent to an activating group) is 1. The number of halogens is 3. The summed E-state index contributed by atoms with van der Waals surface area (Å²) < 4.78 is 38.2. The lowest BCUT2D eigenvalue weighted by Gasteiger charge is -2.25. The van der Waals surface area contributed by atoms with Crippen LogP contribution in [0.1, 0.15) is 23.1 Å². The molecule has 1 fully saturated rings. The van der Waals surface area contributed by atoms with Crippen molar-refractivity contribution in [1.29, 1.82) is 0 Å². The average molecular weight is 420 g/mol. The van der Waals surface area contributed by atoms with Crippen molar-refractivity contribution in [3.05, 3.63) is 59.3 Å². The second kappa shape index (κ2) is 9.47. The van der Waals surface area contributed by atoms with Crippen molar-refractivity contribution in [2.24, 2.45) is 0 Å². The number of benzene rings is 1. The quantitative estimate of drug-likeness (QED) is 0.741. The number of aryl methyl sites for hydroxylation is 1. The van der Waals surface area contributed by atoms with Crippen molar-refractivity contribution >= 4 is 11.7 Å². The SMILES string of the molecule is Cc1ccc(CN(C)C(=O)CN2CCCN(c3ccc(C(F)(F)F)cn3)CC2)cc1. The molecule has 0 atom stereocenters. The van der Waals surface area contributed by atoms with Gasteiger partial charge in [0.05, 0.1) is 12.1 Å². The number of pyridine rings is 1. The lowest BCUT2D eigenvalue weighted by molar-refractivity contribution is -0.137. The molecule has 1 aliphatic rings. The van der Waals surface area contributed by atoms with Gasteiger partial charge in [0.1, 0.15) is 5.82 Å².